The van der Waals surface area contributed by atoms with E-state index in [1.807, 2.05) is 55.5 Å². The number of benzene rings is 1. The minimum atomic E-state index is -2.72. The van der Waals surface area contributed by atoms with Crippen LogP contribution in [0.3, 0.4) is 0 Å². The van der Waals surface area contributed by atoms with E-state index in [4.69, 9.17) is 4.74 Å². The summed E-state index contributed by atoms with van der Waals surface area (Å²) >= 11 is 4.23. The summed E-state index contributed by atoms with van der Waals surface area (Å²) in [5.74, 6) is 9.28. The smallest absolute Gasteiger partial charge is 0.152 e. The molecule has 0 aliphatic carbocycles. The van der Waals surface area contributed by atoms with Crippen molar-refractivity contribution in [2.45, 2.75) is 189 Å². The van der Waals surface area contributed by atoms with Crippen molar-refractivity contribution in [2.75, 3.05) is 163 Å². The van der Waals surface area contributed by atoms with Crippen molar-refractivity contribution >= 4 is 61.5 Å². The zero-order valence-electron chi connectivity index (χ0n) is 55.4. The average molecular weight is 1240 g/mol. The first-order valence-corrected chi connectivity index (χ1v) is 38.8. The molecular weight excluding hydrogens is 1110 g/mol. The number of anilines is 2. The number of hydrogen-bond donors (Lipinski definition) is 0. The Morgan fingerprint density at radius 1 is 0.576 bits per heavy atom. The van der Waals surface area contributed by atoms with Crippen LogP contribution in [0.1, 0.15) is 189 Å². The number of aliphatic imine (C=N–C) groups is 1. The maximum Gasteiger partial charge on any atom is 0.152 e. The summed E-state index contributed by atoms with van der Waals surface area (Å²) in [5, 5.41) is 1.20. The lowest BCUT2D eigenvalue weighted by atomic mass is 9.94. The molecule has 486 valence electrons. The molecule has 12 nitrogen and oxygen atoms in total. The van der Waals surface area contributed by atoms with Gasteiger partial charge in [-0.3, -0.25) is 15.0 Å². The summed E-state index contributed by atoms with van der Waals surface area (Å²) in [6.07, 6.45) is 38.7. The van der Waals surface area contributed by atoms with Crippen LogP contribution in [0.5, 0.6) is 0 Å². The summed E-state index contributed by atoms with van der Waals surface area (Å²) in [6.45, 7) is 29.2. The third kappa shape index (κ3) is 34.8. The van der Waals surface area contributed by atoms with Gasteiger partial charge in [-0.2, -0.15) is 23.5 Å². The average Bonchev–Trinajstić information content (AvgIpc) is 3.74. The lowest BCUT2D eigenvalue weighted by Gasteiger charge is -2.31. The molecular formula is C70H125N9O3S3. The quantitative estimate of drug-likeness (QED) is 0.0753. The van der Waals surface area contributed by atoms with E-state index < -0.39 is 9.84 Å². The molecule has 5 fully saturated rings. The molecule has 0 spiro atoms. The number of pyridine rings is 2. The molecule has 2 atom stereocenters. The molecule has 1 aromatic carbocycles. The van der Waals surface area contributed by atoms with E-state index in [0.717, 1.165) is 69.8 Å². The minimum Gasteiger partial charge on any atom is -0.378 e. The fourth-order valence-corrected chi connectivity index (χ4v) is 15.0. The second kappa shape index (κ2) is 48.2. The van der Waals surface area contributed by atoms with Crippen LogP contribution in [0.15, 0.2) is 66.0 Å². The van der Waals surface area contributed by atoms with Gasteiger partial charge in [0.1, 0.15) is 0 Å². The summed E-state index contributed by atoms with van der Waals surface area (Å²) in [7, 11) is 1.30. The molecule has 0 radical (unpaired) electrons. The number of para-hydroxylation sites is 1. The van der Waals surface area contributed by atoms with Crippen molar-refractivity contribution in [3.05, 3.63) is 61.1 Å². The Kier molecular flexibility index (Phi) is 42.4. The Balaban J connectivity index is 0.000000221. The molecule has 8 heterocycles. The van der Waals surface area contributed by atoms with E-state index in [9.17, 15) is 8.42 Å². The van der Waals surface area contributed by atoms with Crippen LogP contribution in [-0.2, 0) is 14.6 Å². The molecule has 15 heteroatoms. The third-order valence-corrected chi connectivity index (χ3v) is 20.9. The van der Waals surface area contributed by atoms with Crippen LogP contribution in [0, 0.1) is 11.8 Å². The van der Waals surface area contributed by atoms with Crippen LogP contribution in [0.2, 0.25) is 0 Å². The van der Waals surface area contributed by atoms with Gasteiger partial charge in [0.05, 0.1) is 48.0 Å². The van der Waals surface area contributed by atoms with E-state index >= 15 is 0 Å². The largest absolute Gasteiger partial charge is 0.378 e. The van der Waals surface area contributed by atoms with Crippen LogP contribution >= 0.6 is 23.5 Å². The highest BCUT2D eigenvalue weighted by atomic mass is 32.2. The Morgan fingerprint density at radius 3 is 1.79 bits per heavy atom. The molecule has 85 heavy (non-hydrogen) atoms. The molecule has 0 bridgehead atoms. The number of nitrogens with zero attached hydrogens (tertiary/aromatic N) is 9. The Labute approximate surface area is 530 Å². The molecule has 2 unspecified atom stereocenters. The highest BCUT2D eigenvalue weighted by molar-refractivity contribution is 7.99. The van der Waals surface area contributed by atoms with Crippen LogP contribution < -0.4 is 9.80 Å². The van der Waals surface area contributed by atoms with Crippen molar-refractivity contribution < 1.29 is 13.2 Å². The van der Waals surface area contributed by atoms with Gasteiger partial charge in [-0.15, -0.1) is 0 Å². The van der Waals surface area contributed by atoms with Crippen molar-refractivity contribution in [3.8, 4) is 0 Å². The summed E-state index contributed by atoms with van der Waals surface area (Å²) in [6, 6.07) is 14.4. The first-order chi connectivity index (χ1) is 41.6. The van der Waals surface area contributed by atoms with Gasteiger partial charge in [0.15, 0.2) is 9.84 Å². The normalized spacial score (nSPS) is 19.1. The molecule has 6 aliphatic heterocycles. The van der Waals surface area contributed by atoms with Gasteiger partial charge in [0.25, 0.3) is 0 Å². The molecule has 9 rings (SSSR count). The minimum absolute atomic E-state index is 0.358. The lowest BCUT2D eigenvalue weighted by Crippen LogP contribution is -2.42. The van der Waals surface area contributed by atoms with Crippen LogP contribution in [0.25, 0.3) is 10.9 Å². The number of rotatable bonds is 25. The topological polar surface area (TPSA) is 101 Å². The lowest BCUT2D eigenvalue weighted by molar-refractivity contribution is 0.122. The van der Waals surface area contributed by atoms with Gasteiger partial charge in [0.2, 0.25) is 0 Å². The van der Waals surface area contributed by atoms with E-state index in [2.05, 4.69) is 110 Å². The summed E-state index contributed by atoms with van der Waals surface area (Å²) in [5.41, 5.74) is 3.44. The van der Waals surface area contributed by atoms with Crippen LogP contribution in [0.4, 0.5) is 11.4 Å². The standard InChI is InChI=1S/C16H33NS.C13H14N2O.C12H25NO2S.C12H25NS.C10H18N2.C7H10N2/c1-3-5-7-8-10-16(9-6-4-2)15-17-11-13-18-14-12-17;1-2-4-13-11(3-1)9-12(10-14-13)15-5-7-16-8-6-15;1-3-5-6-12(4-2)11-13-7-9-16(14,15)10-8-13;1-2-3-4-5-6-7-8-13-9-11-14-12-10-13;1-2-4-8-12-9-5-7-11-10(12)6-3-1;1-9(2)7-3-5-8-6-4-7/h16H,3-15H2,1-2H3;1-4,9-10H,5-8H2;12H,3-11H2,1-2H3;2-12H2,1H3;1-9H2;3-6H,1-2H3. The number of unbranched alkanes of at least 4 members (excludes halogenated alkanes) is 10. The Hall–Kier alpha value is -2.66. The number of amidine groups is 1. The second-order valence-electron chi connectivity index (χ2n) is 24.7. The van der Waals surface area contributed by atoms with E-state index in [1.165, 1.54) is 252 Å². The van der Waals surface area contributed by atoms with Gasteiger partial charge in [0, 0.05) is 152 Å². The zero-order chi connectivity index (χ0) is 60.8. The Morgan fingerprint density at radius 2 is 1.14 bits per heavy atom. The zero-order valence-corrected chi connectivity index (χ0v) is 57.9. The Bertz CT molecular complexity index is 2180. The number of aromatic nitrogens is 2. The first kappa shape index (κ1) is 74.8. The fourth-order valence-electron chi connectivity index (χ4n) is 11.8. The van der Waals surface area contributed by atoms with Gasteiger partial charge in [-0.25, -0.2) is 8.42 Å². The highest BCUT2D eigenvalue weighted by Gasteiger charge is 2.23. The third-order valence-electron chi connectivity index (χ3n) is 17.4. The molecule has 5 saturated heterocycles. The monoisotopic (exact) mass is 1240 g/mol. The van der Waals surface area contributed by atoms with Gasteiger partial charge < -0.3 is 34.1 Å². The van der Waals surface area contributed by atoms with Crippen molar-refractivity contribution in [2.24, 2.45) is 16.8 Å². The van der Waals surface area contributed by atoms with Gasteiger partial charge in [-0.1, -0.05) is 156 Å². The molecule has 0 amide bonds. The molecule has 0 N–H and O–H groups in total. The van der Waals surface area contributed by atoms with Gasteiger partial charge >= 0.3 is 0 Å². The first-order valence-electron chi connectivity index (χ1n) is 34.6. The molecule has 3 aromatic rings. The van der Waals surface area contributed by atoms with Crippen LogP contribution in [-0.4, -0.2) is 197 Å². The molecule has 0 saturated carbocycles. The maximum absolute atomic E-state index is 11.3. The fraction of sp³-hybridized carbons (Fsp3) is 0.786. The van der Waals surface area contributed by atoms with Gasteiger partial charge in [-0.05, 0) is 87.6 Å². The predicted molar refractivity (Wildman–Crippen MR) is 376 cm³/mol. The number of morpholine rings is 1. The number of sulfone groups is 1. The number of hydrogen-bond acceptors (Lipinski definition) is 14. The number of thioether (sulfide) groups is 2. The number of fused-ring (bicyclic) bond motifs is 2. The summed E-state index contributed by atoms with van der Waals surface area (Å²) in [4.78, 5) is 27.5. The molecule has 6 aliphatic rings. The van der Waals surface area contributed by atoms with Crippen molar-refractivity contribution in [1.82, 2.24) is 29.6 Å². The SMILES string of the molecule is C1CCCN2CCCN=C2CC1.CCCCC(CC)CN1CCS(=O)(=O)CC1.CCCCCCC(CCCC)CN1CCSCC1.CCCCCCCCN1CCSCC1.CN(C)c1ccncc1.c1ccc2ncc(N3CCOCC3)cc2c1. The van der Waals surface area contributed by atoms with Crippen molar-refractivity contribution in [3.63, 3.8) is 0 Å². The van der Waals surface area contributed by atoms with E-state index in [-0.39, 0.29) is 0 Å². The maximum atomic E-state index is 11.3. The highest BCUT2D eigenvalue weighted by Crippen LogP contribution is 2.23. The van der Waals surface area contributed by atoms with E-state index in [0.29, 0.717) is 11.5 Å². The molecule has 2 aromatic heterocycles. The summed E-state index contributed by atoms with van der Waals surface area (Å²) < 4.78 is 27.9. The van der Waals surface area contributed by atoms with Crippen molar-refractivity contribution in [1.29, 1.82) is 0 Å². The number of ether oxygens (including phenoxy) is 1. The predicted octanol–water partition coefficient (Wildman–Crippen LogP) is 15.4. The van der Waals surface area contributed by atoms with E-state index in [1.54, 1.807) is 12.4 Å². The second-order valence-corrected chi connectivity index (χ2v) is 29.5.